The molecule has 22 heavy (non-hydrogen) atoms. The third-order valence-corrected chi connectivity index (χ3v) is 4.07. The lowest BCUT2D eigenvalue weighted by molar-refractivity contribution is 0.571. The second-order valence-electron chi connectivity index (χ2n) is 5.52. The zero-order valence-electron chi connectivity index (χ0n) is 12.1. The predicted molar refractivity (Wildman–Crippen MR) is 83.1 cm³/mol. The van der Waals surface area contributed by atoms with Gasteiger partial charge >= 0.3 is 0 Å². The number of piperidine rings is 1. The Balaban J connectivity index is 1.80. The van der Waals surface area contributed by atoms with E-state index in [1.54, 1.807) is 12.3 Å². The molecule has 6 heteroatoms. The van der Waals surface area contributed by atoms with Crippen molar-refractivity contribution in [1.82, 2.24) is 20.2 Å². The highest BCUT2D eigenvalue weighted by atomic mass is 19.1. The molecule has 0 aliphatic carbocycles. The molecule has 3 aromatic heterocycles. The molecule has 4 heterocycles. The summed E-state index contributed by atoms with van der Waals surface area (Å²) in [5, 5.41) is 7.82. The van der Waals surface area contributed by atoms with Crippen LogP contribution in [0.1, 0.15) is 19.3 Å². The third-order valence-electron chi connectivity index (χ3n) is 4.07. The minimum atomic E-state index is -0.363. The highest BCUT2D eigenvalue weighted by molar-refractivity contribution is 5.89. The first-order valence-corrected chi connectivity index (χ1v) is 7.54. The molecule has 0 spiro atoms. The fourth-order valence-electron chi connectivity index (χ4n) is 2.93. The van der Waals surface area contributed by atoms with Crippen molar-refractivity contribution in [1.29, 1.82) is 0 Å². The minimum absolute atomic E-state index is 0.280. The van der Waals surface area contributed by atoms with E-state index < -0.39 is 0 Å². The molecule has 3 aromatic rings. The minimum Gasteiger partial charge on any atom is -0.357 e. The molecule has 1 aliphatic heterocycles. The molecular formula is C16H16FN5. The van der Waals surface area contributed by atoms with Gasteiger partial charge in [0.05, 0.1) is 0 Å². The van der Waals surface area contributed by atoms with Gasteiger partial charge in [0.25, 0.3) is 0 Å². The first kappa shape index (κ1) is 13.2. The van der Waals surface area contributed by atoms with Crippen LogP contribution in [0, 0.1) is 5.82 Å². The topological polar surface area (TPSA) is 57.7 Å². The summed E-state index contributed by atoms with van der Waals surface area (Å²) < 4.78 is 14.3. The van der Waals surface area contributed by atoms with E-state index in [1.807, 2.05) is 12.1 Å². The summed E-state index contributed by atoms with van der Waals surface area (Å²) in [5.41, 5.74) is 1.43. The molecule has 1 aliphatic rings. The lowest BCUT2D eigenvalue weighted by Gasteiger charge is -2.27. The van der Waals surface area contributed by atoms with Crippen molar-refractivity contribution in [2.75, 3.05) is 18.0 Å². The second-order valence-corrected chi connectivity index (χ2v) is 5.52. The van der Waals surface area contributed by atoms with E-state index in [0.29, 0.717) is 11.3 Å². The Morgan fingerprint density at radius 2 is 1.91 bits per heavy atom. The van der Waals surface area contributed by atoms with Gasteiger partial charge in [0.2, 0.25) is 0 Å². The van der Waals surface area contributed by atoms with Crippen LogP contribution in [0.4, 0.5) is 10.2 Å². The van der Waals surface area contributed by atoms with Crippen LogP contribution in [-0.4, -0.2) is 33.3 Å². The fraction of sp³-hybridized carbons (Fsp3) is 0.312. The molecule has 0 radical (unpaired) electrons. The van der Waals surface area contributed by atoms with Crippen molar-refractivity contribution < 1.29 is 4.39 Å². The van der Waals surface area contributed by atoms with Gasteiger partial charge < -0.3 is 4.90 Å². The van der Waals surface area contributed by atoms with Gasteiger partial charge in [0, 0.05) is 24.7 Å². The van der Waals surface area contributed by atoms with Crippen LogP contribution in [0.5, 0.6) is 0 Å². The largest absolute Gasteiger partial charge is 0.357 e. The number of rotatable bonds is 2. The van der Waals surface area contributed by atoms with E-state index in [2.05, 4.69) is 25.1 Å². The summed E-state index contributed by atoms with van der Waals surface area (Å²) in [7, 11) is 0. The summed E-state index contributed by atoms with van der Waals surface area (Å²) in [6.07, 6.45) is 5.24. The van der Waals surface area contributed by atoms with E-state index >= 15 is 0 Å². The molecule has 0 aromatic carbocycles. The Morgan fingerprint density at radius 1 is 1.05 bits per heavy atom. The number of anilines is 1. The molecule has 1 fully saturated rings. The average molecular weight is 297 g/mol. The van der Waals surface area contributed by atoms with Crippen molar-refractivity contribution in [2.45, 2.75) is 19.3 Å². The quantitative estimate of drug-likeness (QED) is 0.789. The number of nitrogens with one attached hydrogen (secondary N) is 1. The zero-order chi connectivity index (χ0) is 14.9. The molecule has 5 nitrogen and oxygen atoms in total. The maximum atomic E-state index is 14.3. The van der Waals surface area contributed by atoms with Crippen LogP contribution in [-0.2, 0) is 0 Å². The second kappa shape index (κ2) is 5.36. The van der Waals surface area contributed by atoms with Crippen molar-refractivity contribution in [2.24, 2.45) is 0 Å². The first-order chi connectivity index (χ1) is 10.8. The number of nitrogens with zero attached hydrogens (tertiary/aromatic N) is 4. The molecule has 0 amide bonds. The lowest BCUT2D eigenvalue weighted by atomic mass is 10.1. The normalized spacial score (nSPS) is 15.4. The van der Waals surface area contributed by atoms with E-state index in [-0.39, 0.29) is 11.5 Å². The maximum Gasteiger partial charge on any atom is 0.155 e. The summed E-state index contributed by atoms with van der Waals surface area (Å²) in [6.45, 7) is 1.95. The molecule has 1 N–H and O–H groups in total. The number of hydrogen-bond acceptors (Lipinski definition) is 4. The summed E-state index contributed by atoms with van der Waals surface area (Å²) in [4.78, 5) is 10.9. The zero-order valence-corrected chi connectivity index (χ0v) is 12.1. The van der Waals surface area contributed by atoms with Gasteiger partial charge in [-0.15, -0.1) is 0 Å². The molecule has 0 bridgehead atoms. The van der Waals surface area contributed by atoms with Crippen molar-refractivity contribution in [3.63, 3.8) is 0 Å². The van der Waals surface area contributed by atoms with Crippen LogP contribution < -0.4 is 4.90 Å². The van der Waals surface area contributed by atoms with Crippen LogP contribution in [0.15, 0.2) is 30.5 Å². The van der Waals surface area contributed by atoms with E-state index in [9.17, 15) is 4.39 Å². The Labute approximate surface area is 127 Å². The highest BCUT2D eigenvalue weighted by Gasteiger charge is 2.18. The van der Waals surface area contributed by atoms with Crippen LogP contribution in [0.3, 0.4) is 0 Å². The number of hydrogen-bond donors (Lipinski definition) is 1. The van der Waals surface area contributed by atoms with E-state index in [4.69, 9.17) is 0 Å². The first-order valence-electron chi connectivity index (χ1n) is 7.54. The molecule has 0 saturated carbocycles. The van der Waals surface area contributed by atoms with Gasteiger partial charge in [-0.3, -0.25) is 5.10 Å². The third kappa shape index (κ3) is 2.20. The van der Waals surface area contributed by atoms with Gasteiger partial charge in [-0.2, -0.15) is 5.10 Å². The fourth-order valence-corrected chi connectivity index (χ4v) is 2.93. The van der Waals surface area contributed by atoms with Gasteiger partial charge in [-0.25, -0.2) is 14.4 Å². The number of halogens is 1. The van der Waals surface area contributed by atoms with Gasteiger partial charge in [0.1, 0.15) is 17.2 Å². The predicted octanol–water partition coefficient (Wildman–Crippen LogP) is 3.15. The number of aromatic amines is 1. The van der Waals surface area contributed by atoms with E-state index in [1.165, 1.54) is 12.5 Å². The summed E-state index contributed by atoms with van der Waals surface area (Å²) in [6, 6.07) is 6.91. The van der Waals surface area contributed by atoms with E-state index in [0.717, 1.165) is 37.1 Å². The standard InChI is InChI=1S/C16H16FN5/c17-12-6-7-13(22-9-2-1-3-10-22)19-15(12)14-11-5-4-8-18-16(11)21-20-14/h4-8H,1-3,9-10H2,(H,18,20,21). The number of fused-ring (bicyclic) bond motifs is 1. The van der Waals surface area contributed by atoms with Crippen LogP contribution >= 0.6 is 0 Å². The highest BCUT2D eigenvalue weighted by Crippen LogP contribution is 2.28. The molecule has 112 valence electrons. The monoisotopic (exact) mass is 297 g/mol. The Kier molecular flexibility index (Phi) is 3.21. The Bertz CT molecular complexity index is 807. The molecule has 0 unspecified atom stereocenters. The number of aromatic nitrogens is 4. The average Bonchev–Trinajstić information content (AvgIpc) is 3.00. The number of pyridine rings is 2. The lowest BCUT2D eigenvalue weighted by Crippen LogP contribution is -2.30. The molecule has 1 saturated heterocycles. The number of H-pyrrole nitrogens is 1. The van der Waals surface area contributed by atoms with Crippen LogP contribution in [0.2, 0.25) is 0 Å². The Hall–Kier alpha value is -2.50. The van der Waals surface area contributed by atoms with Gasteiger partial charge in [0.15, 0.2) is 11.5 Å². The van der Waals surface area contributed by atoms with Gasteiger partial charge in [-0.05, 0) is 43.5 Å². The molecule has 0 atom stereocenters. The van der Waals surface area contributed by atoms with Crippen molar-refractivity contribution >= 4 is 16.9 Å². The molecular weight excluding hydrogens is 281 g/mol. The van der Waals surface area contributed by atoms with Crippen molar-refractivity contribution in [3.05, 3.63) is 36.3 Å². The Morgan fingerprint density at radius 3 is 2.77 bits per heavy atom. The molecule has 4 rings (SSSR count). The van der Waals surface area contributed by atoms with Gasteiger partial charge in [-0.1, -0.05) is 0 Å². The summed E-state index contributed by atoms with van der Waals surface area (Å²) >= 11 is 0. The smallest absolute Gasteiger partial charge is 0.155 e. The van der Waals surface area contributed by atoms with Crippen molar-refractivity contribution in [3.8, 4) is 11.4 Å². The summed E-state index contributed by atoms with van der Waals surface area (Å²) in [5.74, 6) is 0.453. The maximum absolute atomic E-state index is 14.3. The SMILES string of the molecule is Fc1ccc(N2CCCCC2)nc1-c1n[nH]c2ncccc12. The van der Waals surface area contributed by atoms with Crippen LogP contribution in [0.25, 0.3) is 22.4 Å².